The molecule has 0 amide bonds. The Bertz CT molecular complexity index is 1400. The normalized spacial score (nSPS) is 14.3. The van der Waals surface area contributed by atoms with E-state index >= 15 is 0 Å². The number of fused-ring (bicyclic) bond motifs is 1. The van der Waals surface area contributed by atoms with E-state index in [4.69, 9.17) is 9.72 Å². The monoisotopic (exact) mass is 513 g/mol. The van der Waals surface area contributed by atoms with E-state index < -0.39 is 0 Å². The third-order valence-corrected chi connectivity index (χ3v) is 7.98. The second-order valence-electron chi connectivity index (χ2n) is 10.6. The maximum absolute atomic E-state index is 13.8. The summed E-state index contributed by atoms with van der Waals surface area (Å²) in [7, 11) is 0. The minimum Gasteiger partial charge on any atom is -0.378 e. The molecule has 0 radical (unpaired) electrons. The van der Waals surface area contributed by atoms with E-state index in [1.54, 1.807) is 11.8 Å². The molecule has 0 saturated carbocycles. The molecular weight excluding hydrogens is 478 g/mol. The quantitative estimate of drug-likeness (QED) is 0.222. The van der Waals surface area contributed by atoms with E-state index in [0.717, 1.165) is 41.6 Å². The molecule has 3 aromatic carbocycles. The van der Waals surface area contributed by atoms with Gasteiger partial charge in [0.05, 0.1) is 24.1 Å². The van der Waals surface area contributed by atoms with Crippen LogP contribution < -0.4 is 10.5 Å². The van der Waals surface area contributed by atoms with Crippen LogP contribution in [-0.2, 0) is 28.9 Å². The van der Waals surface area contributed by atoms with Gasteiger partial charge in [-0.2, -0.15) is 0 Å². The molecule has 4 aromatic rings. The maximum atomic E-state index is 13.8. The highest BCUT2D eigenvalue weighted by Gasteiger charge is 2.17. The first kappa shape index (κ1) is 25.6. The standard InChI is InChI=1S/C31H35N3O2S/c1-31(2,3)25-11-9-24(10-12-25)22-37-30-32-28-14-13-26(33-17-19-36-20-18-33)21-27(28)29(35)34(30)16-15-23-7-5-4-6-8-23/h4-14,21H,15-20,22H2,1-3H3. The number of nitrogens with zero attached hydrogens (tertiary/aromatic N) is 3. The number of thioether (sulfide) groups is 1. The zero-order valence-corrected chi connectivity index (χ0v) is 22.8. The molecule has 0 aliphatic carbocycles. The number of benzene rings is 3. The molecule has 37 heavy (non-hydrogen) atoms. The Morgan fingerprint density at radius 1 is 0.919 bits per heavy atom. The summed E-state index contributed by atoms with van der Waals surface area (Å²) in [5, 5.41) is 1.45. The van der Waals surface area contributed by atoms with Gasteiger partial charge in [-0.05, 0) is 46.7 Å². The van der Waals surface area contributed by atoms with Crippen molar-refractivity contribution in [1.29, 1.82) is 0 Å². The Morgan fingerprint density at radius 2 is 1.65 bits per heavy atom. The Kier molecular flexibility index (Phi) is 7.68. The van der Waals surface area contributed by atoms with Crippen molar-refractivity contribution in [2.45, 2.75) is 50.1 Å². The van der Waals surface area contributed by atoms with Crippen molar-refractivity contribution in [2.24, 2.45) is 0 Å². The van der Waals surface area contributed by atoms with Gasteiger partial charge in [0, 0.05) is 31.1 Å². The number of morpholine rings is 1. The van der Waals surface area contributed by atoms with Crippen LogP contribution in [0.1, 0.15) is 37.5 Å². The predicted octanol–water partition coefficient (Wildman–Crippen LogP) is 6.07. The van der Waals surface area contributed by atoms with Gasteiger partial charge < -0.3 is 9.64 Å². The molecule has 0 atom stereocenters. The SMILES string of the molecule is CC(C)(C)c1ccc(CSc2nc3ccc(N4CCOCC4)cc3c(=O)n2CCc2ccccc2)cc1. The third-order valence-electron chi connectivity index (χ3n) is 6.93. The second-order valence-corrected chi connectivity index (χ2v) is 11.6. The molecular formula is C31H35N3O2S. The fourth-order valence-electron chi connectivity index (χ4n) is 4.65. The van der Waals surface area contributed by atoms with Crippen molar-refractivity contribution < 1.29 is 4.74 Å². The van der Waals surface area contributed by atoms with Crippen LogP contribution in [0.15, 0.2) is 82.7 Å². The minimum absolute atomic E-state index is 0.0293. The number of hydrogen-bond acceptors (Lipinski definition) is 5. The van der Waals surface area contributed by atoms with E-state index in [0.29, 0.717) is 25.1 Å². The van der Waals surface area contributed by atoms with Crippen LogP contribution in [0.4, 0.5) is 5.69 Å². The van der Waals surface area contributed by atoms with Gasteiger partial charge in [0.25, 0.3) is 5.56 Å². The van der Waals surface area contributed by atoms with Crippen LogP contribution in [0.5, 0.6) is 0 Å². The zero-order chi connectivity index (χ0) is 25.8. The van der Waals surface area contributed by atoms with Crippen molar-refractivity contribution in [1.82, 2.24) is 9.55 Å². The van der Waals surface area contributed by atoms with Gasteiger partial charge in [-0.3, -0.25) is 9.36 Å². The Balaban J connectivity index is 1.46. The molecule has 0 unspecified atom stereocenters. The van der Waals surface area contributed by atoms with Crippen LogP contribution in [0.2, 0.25) is 0 Å². The molecule has 5 nitrogen and oxygen atoms in total. The van der Waals surface area contributed by atoms with Crippen LogP contribution in [0.3, 0.4) is 0 Å². The zero-order valence-electron chi connectivity index (χ0n) is 21.9. The number of aryl methyl sites for hydroxylation is 1. The molecule has 2 heterocycles. The Hall–Kier alpha value is -3.09. The van der Waals surface area contributed by atoms with Gasteiger partial charge in [-0.15, -0.1) is 0 Å². The lowest BCUT2D eigenvalue weighted by atomic mass is 9.87. The molecule has 1 aromatic heterocycles. The van der Waals surface area contributed by atoms with Crippen molar-refractivity contribution in [3.05, 3.63) is 99.8 Å². The lowest BCUT2D eigenvalue weighted by Crippen LogP contribution is -2.36. The largest absolute Gasteiger partial charge is 0.378 e. The molecule has 1 aliphatic heterocycles. The molecule has 0 bridgehead atoms. The molecule has 0 spiro atoms. The fourth-order valence-corrected chi connectivity index (χ4v) is 5.63. The van der Waals surface area contributed by atoms with Crippen LogP contribution in [-0.4, -0.2) is 35.9 Å². The van der Waals surface area contributed by atoms with E-state index in [-0.39, 0.29) is 11.0 Å². The van der Waals surface area contributed by atoms with Crippen molar-refractivity contribution >= 4 is 28.4 Å². The molecule has 192 valence electrons. The summed E-state index contributed by atoms with van der Waals surface area (Å²) < 4.78 is 7.37. The number of hydrogen-bond donors (Lipinski definition) is 0. The van der Waals surface area contributed by atoms with Crippen molar-refractivity contribution in [3.8, 4) is 0 Å². The first-order valence-corrected chi connectivity index (χ1v) is 14.0. The van der Waals surface area contributed by atoms with E-state index in [9.17, 15) is 4.79 Å². The summed E-state index contributed by atoms with van der Waals surface area (Å²) in [5.41, 5.74) is 5.73. The summed E-state index contributed by atoms with van der Waals surface area (Å²) in [6.07, 6.45) is 0.783. The van der Waals surface area contributed by atoms with Gasteiger partial charge in [0.1, 0.15) is 0 Å². The highest BCUT2D eigenvalue weighted by atomic mass is 32.2. The smallest absolute Gasteiger partial charge is 0.262 e. The van der Waals surface area contributed by atoms with Gasteiger partial charge in [0.2, 0.25) is 0 Å². The van der Waals surface area contributed by atoms with Gasteiger partial charge in [-0.25, -0.2) is 4.98 Å². The summed E-state index contributed by atoms with van der Waals surface area (Å²) in [5.74, 6) is 0.763. The number of anilines is 1. The highest BCUT2D eigenvalue weighted by Crippen LogP contribution is 2.27. The minimum atomic E-state index is 0.0293. The maximum Gasteiger partial charge on any atom is 0.262 e. The molecule has 1 aliphatic rings. The van der Waals surface area contributed by atoms with E-state index in [2.05, 4.69) is 68.1 Å². The first-order valence-electron chi connectivity index (χ1n) is 13.0. The molecule has 1 fully saturated rings. The van der Waals surface area contributed by atoms with Gasteiger partial charge in [-0.1, -0.05) is 87.1 Å². The predicted molar refractivity (Wildman–Crippen MR) is 154 cm³/mol. The van der Waals surface area contributed by atoms with Crippen molar-refractivity contribution in [2.75, 3.05) is 31.2 Å². The molecule has 0 N–H and O–H groups in total. The lowest BCUT2D eigenvalue weighted by molar-refractivity contribution is 0.122. The highest BCUT2D eigenvalue weighted by molar-refractivity contribution is 7.98. The molecule has 6 heteroatoms. The molecule has 1 saturated heterocycles. The Morgan fingerprint density at radius 3 is 2.35 bits per heavy atom. The van der Waals surface area contributed by atoms with Gasteiger partial charge in [0.15, 0.2) is 5.16 Å². The summed E-state index contributed by atoms with van der Waals surface area (Å²) >= 11 is 1.63. The lowest BCUT2D eigenvalue weighted by Gasteiger charge is -2.29. The van der Waals surface area contributed by atoms with E-state index in [1.165, 1.54) is 16.7 Å². The number of ether oxygens (including phenoxy) is 1. The number of aromatic nitrogens is 2. The number of rotatable bonds is 7. The van der Waals surface area contributed by atoms with Crippen LogP contribution >= 0.6 is 11.8 Å². The van der Waals surface area contributed by atoms with Crippen molar-refractivity contribution in [3.63, 3.8) is 0 Å². The fraction of sp³-hybridized carbons (Fsp3) is 0.355. The Labute approximate surface area is 223 Å². The van der Waals surface area contributed by atoms with Crippen LogP contribution in [0.25, 0.3) is 10.9 Å². The second kappa shape index (κ2) is 11.1. The van der Waals surface area contributed by atoms with Crippen LogP contribution in [0, 0.1) is 0 Å². The molecule has 5 rings (SSSR count). The summed E-state index contributed by atoms with van der Waals surface area (Å²) in [6, 6.07) is 25.2. The summed E-state index contributed by atoms with van der Waals surface area (Å²) in [6.45, 7) is 10.4. The van der Waals surface area contributed by atoms with E-state index in [1.807, 2.05) is 34.9 Å². The first-order chi connectivity index (χ1) is 17.9. The summed E-state index contributed by atoms with van der Waals surface area (Å²) in [4.78, 5) is 21.1. The topological polar surface area (TPSA) is 47.4 Å². The average Bonchev–Trinajstić information content (AvgIpc) is 2.92. The third kappa shape index (κ3) is 6.08. The van der Waals surface area contributed by atoms with Gasteiger partial charge >= 0.3 is 0 Å². The average molecular weight is 514 g/mol.